The van der Waals surface area contributed by atoms with Gasteiger partial charge >= 0.3 is 0 Å². The molecule has 0 aliphatic heterocycles. The maximum Gasteiger partial charge on any atom is 0.274 e. The lowest BCUT2D eigenvalue weighted by atomic mass is 10.2. The van der Waals surface area contributed by atoms with Crippen LogP contribution in [-0.2, 0) is 6.54 Å². The summed E-state index contributed by atoms with van der Waals surface area (Å²) in [7, 11) is 1.94. The molecule has 0 saturated heterocycles. The van der Waals surface area contributed by atoms with Crippen molar-refractivity contribution in [3.63, 3.8) is 0 Å². The maximum atomic E-state index is 13.2. The Kier molecular flexibility index (Phi) is 5.22. The van der Waals surface area contributed by atoms with Crippen LogP contribution in [-0.4, -0.2) is 17.9 Å². The summed E-state index contributed by atoms with van der Waals surface area (Å²) < 4.78 is 26.1. The van der Waals surface area contributed by atoms with Gasteiger partial charge in [0.15, 0.2) is 11.6 Å². The lowest BCUT2D eigenvalue weighted by molar-refractivity contribution is 0.102. The standard InChI is InChI=1S/C20H17F2N3O/c1-25(13-14-5-3-2-4-6-14)16-8-10-19(23-12-16)20(26)24-15-7-9-17(21)18(22)11-15/h2-12H,13H2,1H3,(H,24,26). The number of carbonyl (C=O) groups excluding carboxylic acids is 1. The number of pyridine rings is 1. The van der Waals surface area contributed by atoms with Gasteiger partial charge in [0.1, 0.15) is 5.69 Å². The van der Waals surface area contributed by atoms with Crippen molar-refractivity contribution in [2.75, 3.05) is 17.3 Å². The fourth-order valence-electron chi connectivity index (χ4n) is 2.46. The molecule has 1 heterocycles. The zero-order valence-corrected chi connectivity index (χ0v) is 14.1. The topological polar surface area (TPSA) is 45.2 Å². The van der Waals surface area contributed by atoms with Gasteiger partial charge in [0.05, 0.1) is 11.9 Å². The second-order valence-electron chi connectivity index (χ2n) is 5.83. The Morgan fingerprint density at radius 1 is 1.04 bits per heavy atom. The van der Waals surface area contributed by atoms with Crippen LogP contribution in [0.5, 0.6) is 0 Å². The van der Waals surface area contributed by atoms with Crippen molar-refractivity contribution in [1.82, 2.24) is 4.98 Å². The third kappa shape index (κ3) is 4.22. The zero-order valence-electron chi connectivity index (χ0n) is 14.1. The monoisotopic (exact) mass is 353 g/mol. The van der Waals surface area contributed by atoms with E-state index in [4.69, 9.17) is 0 Å². The minimum atomic E-state index is -1.02. The van der Waals surface area contributed by atoms with Gasteiger partial charge in [0.2, 0.25) is 0 Å². The lowest BCUT2D eigenvalue weighted by Gasteiger charge is -2.19. The summed E-state index contributed by atoms with van der Waals surface area (Å²) in [6.07, 6.45) is 1.60. The van der Waals surface area contributed by atoms with Crippen molar-refractivity contribution in [1.29, 1.82) is 0 Å². The molecule has 0 spiro atoms. The van der Waals surface area contributed by atoms with E-state index in [1.807, 2.05) is 42.3 Å². The first-order valence-corrected chi connectivity index (χ1v) is 8.00. The van der Waals surface area contributed by atoms with E-state index in [1.54, 1.807) is 18.3 Å². The van der Waals surface area contributed by atoms with Crippen LogP contribution >= 0.6 is 0 Å². The molecule has 1 N–H and O–H groups in total. The summed E-state index contributed by atoms with van der Waals surface area (Å²) in [5.41, 5.74) is 2.38. The molecule has 0 aliphatic rings. The summed E-state index contributed by atoms with van der Waals surface area (Å²) in [5, 5.41) is 2.49. The van der Waals surface area contributed by atoms with Gasteiger partial charge in [-0.1, -0.05) is 30.3 Å². The van der Waals surface area contributed by atoms with E-state index in [1.165, 1.54) is 6.07 Å². The number of carbonyl (C=O) groups is 1. The number of hydrogen-bond donors (Lipinski definition) is 1. The number of hydrogen-bond acceptors (Lipinski definition) is 3. The summed E-state index contributed by atoms with van der Waals surface area (Å²) in [4.78, 5) is 18.3. The summed E-state index contributed by atoms with van der Waals surface area (Å²) in [5.74, 6) is -2.48. The van der Waals surface area contributed by atoms with Crippen LogP contribution in [0.1, 0.15) is 16.1 Å². The molecule has 132 valence electrons. The quantitative estimate of drug-likeness (QED) is 0.746. The minimum Gasteiger partial charge on any atom is -0.369 e. The largest absolute Gasteiger partial charge is 0.369 e. The molecule has 6 heteroatoms. The van der Waals surface area contributed by atoms with E-state index >= 15 is 0 Å². The van der Waals surface area contributed by atoms with Gasteiger partial charge in [-0.2, -0.15) is 0 Å². The smallest absolute Gasteiger partial charge is 0.274 e. The van der Waals surface area contributed by atoms with E-state index in [0.29, 0.717) is 6.54 Å². The Balaban J connectivity index is 1.66. The normalized spacial score (nSPS) is 10.4. The number of anilines is 2. The van der Waals surface area contributed by atoms with Crippen molar-refractivity contribution < 1.29 is 13.6 Å². The molecular weight excluding hydrogens is 336 g/mol. The molecule has 3 rings (SSSR count). The van der Waals surface area contributed by atoms with Gasteiger partial charge in [0.25, 0.3) is 5.91 Å². The fraction of sp³-hybridized carbons (Fsp3) is 0.100. The third-order valence-corrected chi connectivity index (χ3v) is 3.86. The molecule has 0 fully saturated rings. The number of halogens is 2. The summed E-state index contributed by atoms with van der Waals surface area (Å²) >= 11 is 0. The van der Waals surface area contributed by atoms with Crippen LogP contribution in [0.25, 0.3) is 0 Å². The number of nitrogens with zero attached hydrogens (tertiary/aromatic N) is 2. The number of aromatic nitrogens is 1. The highest BCUT2D eigenvalue weighted by atomic mass is 19.2. The molecule has 4 nitrogen and oxygen atoms in total. The Morgan fingerprint density at radius 2 is 1.81 bits per heavy atom. The molecule has 0 saturated carbocycles. The van der Waals surface area contributed by atoms with Gasteiger partial charge in [-0.3, -0.25) is 4.79 Å². The molecule has 2 aromatic carbocycles. The second kappa shape index (κ2) is 7.74. The predicted molar refractivity (Wildman–Crippen MR) is 97.1 cm³/mol. The van der Waals surface area contributed by atoms with Crippen LogP contribution in [0.2, 0.25) is 0 Å². The van der Waals surface area contributed by atoms with E-state index in [-0.39, 0.29) is 11.4 Å². The van der Waals surface area contributed by atoms with E-state index < -0.39 is 17.5 Å². The van der Waals surface area contributed by atoms with Crippen molar-refractivity contribution >= 4 is 17.3 Å². The average molecular weight is 353 g/mol. The van der Waals surface area contributed by atoms with Gasteiger partial charge in [0, 0.05) is 25.3 Å². The molecule has 1 aromatic heterocycles. The second-order valence-corrected chi connectivity index (χ2v) is 5.83. The molecule has 1 amide bonds. The van der Waals surface area contributed by atoms with Gasteiger partial charge < -0.3 is 10.2 Å². The van der Waals surface area contributed by atoms with Gasteiger partial charge in [-0.25, -0.2) is 13.8 Å². The Bertz CT molecular complexity index is 899. The number of benzene rings is 2. The Labute approximate surface area is 150 Å². The van der Waals surface area contributed by atoms with E-state index in [2.05, 4.69) is 10.3 Å². The zero-order chi connectivity index (χ0) is 18.5. The predicted octanol–water partition coefficient (Wildman–Crippen LogP) is 4.25. The number of nitrogens with one attached hydrogen (secondary N) is 1. The van der Waals surface area contributed by atoms with E-state index in [9.17, 15) is 13.6 Å². The number of rotatable bonds is 5. The molecule has 0 atom stereocenters. The maximum absolute atomic E-state index is 13.2. The van der Waals surface area contributed by atoms with Crippen molar-refractivity contribution in [2.45, 2.75) is 6.54 Å². The summed E-state index contributed by atoms with van der Waals surface area (Å²) in [6, 6.07) is 16.5. The highest BCUT2D eigenvalue weighted by molar-refractivity contribution is 6.02. The molecule has 3 aromatic rings. The molecular formula is C20H17F2N3O. The van der Waals surface area contributed by atoms with Crippen LogP contribution in [0, 0.1) is 11.6 Å². The minimum absolute atomic E-state index is 0.168. The first-order valence-electron chi connectivity index (χ1n) is 8.00. The first kappa shape index (κ1) is 17.5. The van der Waals surface area contributed by atoms with Crippen LogP contribution < -0.4 is 10.2 Å². The van der Waals surface area contributed by atoms with Crippen LogP contribution in [0.3, 0.4) is 0 Å². The van der Waals surface area contributed by atoms with Crippen molar-refractivity contribution in [3.8, 4) is 0 Å². The number of amides is 1. The highest BCUT2D eigenvalue weighted by Gasteiger charge is 2.11. The first-order chi connectivity index (χ1) is 12.5. The van der Waals surface area contributed by atoms with E-state index in [0.717, 1.165) is 23.4 Å². The van der Waals surface area contributed by atoms with Crippen molar-refractivity contribution in [3.05, 3.63) is 89.8 Å². The SMILES string of the molecule is CN(Cc1ccccc1)c1ccc(C(=O)Nc2ccc(F)c(F)c2)nc1. The molecule has 0 aliphatic carbocycles. The van der Waals surface area contributed by atoms with Crippen LogP contribution in [0.15, 0.2) is 66.9 Å². The molecule has 26 heavy (non-hydrogen) atoms. The van der Waals surface area contributed by atoms with Crippen LogP contribution in [0.4, 0.5) is 20.2 Å². The summed E-state index contributed by atoms with van der Waals surface area (Å²) in [6.45, 7) is 0.711. The molecule has 0 bridgehead atoms. The van der Waals surface area contributed by atoms with Gasteiger partial charge in [-0.05, 0) is 29.8 Å². The van der Waals surface area contributed by atoms with Gasteiger partial charge in [-0.15, -0.1) is 0 Å². The third-order valence-electron chi connectivity index (χ3n) is 3.86. The van der Waals surface area contributed by atoms with Crippen molar-refractivity contribution in [2.24, 2.45) is 0 Å². The molecule has 0 unspecified atom stereocenters. The Hall–Kier alpha value is -3.28. The Morgan fingerprint density at radius 3 is 2.46 bits per heavy atom. The molecule has 0 radical (unpaired) electrons. The highest BCUT2D eigenvalue weighted by Crippen LogP contribution is 2.17. The lowest BCUT2D eigenvalue weighted by Crippen LogP contribution is -2.18. The average Bonchev–Trinajstić information content (AvgIpc) is 2.65. The fourth-order valence-corrected chi connectivity index (χ4v) is 2.46.